The second kappa shape index (κ2) is 10.6. The molecule has 1 aliphatic rings. The summed E-state index contributed by atoms with van der Waals surface area (Å²) >= 11 is 0. The van der Waals surface area contributed by atoms with Crippen molar-refractivity contribution in [1.29, 1.82) is 0 Å². The summed E-state index contributed by atoms with van der Waals surface area (Å²) in [6.45, 7) is 4.75. The molecule has 0 saturated heterocycles. The molecule has 47 heavy (non-hydrogen) atoms. The van der Waals surface area contributed by atoms with Crippen molar-refractivity contribution in [2.75, 3.05) is 0 Å². The Morgan fingerprint density at radius 1 is 0.468 bits per heavy atom. The van der Waals surface area contributed by atoms with Crippen LogP contribution in [0.5, 0.6) is 0 Å². The van der Waals surface area contributed by atoms with Crippen LogP contribution < -0.4 is 0 Å². The molecule has 0 bridgehead atoms. The zero-order chi connectivity index (χ0) is 31.5. The third-order valence-electron chi connectivity index (χ3n) is 9.74. The summed E-state index contributed by atoms with van der Waals surface area (Å²) in [7, 11) is 0. The minimum Gasteiger partial charge on any atom is -0.264 e. The van der Waals surface area contributed by atoms with E-state index < -0.39 is 0 Å². The van der Waals surface area contributed by atoms with Gasteiger partial charge < -0.3 is 0 Å². The molecular weight excluding hydrogens is 571 g/mol. The SMILES string of the molecule is CC1(C)c2cc3ccccc3cc2-c2cccc(-c3ccc(-c4cc(-c5cccnc5)nc(-c5ccccc5)n4)c4ccccc34)c21. The molecule has 3 nitrogen and oxygen atoms in total. The third-order valence-corrected chi connectivity index (χ3v) is 9.74. The Morgan fingerprint density at radius 3 is 1.87 bits per heavy atom. The molecule has 0 unspecified atom stereocenters. The maximum Gasteiger partial charge on any atom is 0.160 e. The molecule has 0 spiro atoms. The first-order valence-electron chi connectivity index (χ1n) is 16.1. The molecular formula is C44H31N3. The molecule has 0 radical (unpaired) electrons. The molecule has 0 amide bonds. The van der Waals surface area contributed by atoms with Crippen molar-refractivity contribution in [2.45, 2.75) is 19.3 Å². The van der Waals surface area contributed by atoms with Gasteiger partial charge in [-0.15, -0.1) is 0 Å². The van der Waals surface area contributed by atoms with Gasteiger partial charge in [0.05, 0.1) is 11.4 Å². The Kier molecular flexibility index (Phi) is 6.16. The molecule has 1 aliphatic carbocycles. The minimum absolute atomic E-state index is 0.152. The van der Waals surface area contributed by atoms with E-state index >= 15 is 0 Å². The van der Waals surface area contributed by atoms with Gasteiger partial charge >= 0.3 is 0 Å². The smallest absolute Gasteiger partial charge is 0.160 e. The van der Waals surface area contributed by atoms with Crippen molar-refractivity contribution < 1.29 is 0 Å². The van der Waals surface area contributed by atoms with Gasteiger partial charge in [-0.25, -0.2) is 9.97 Å². The van der Waals surface area contributed by atoms with Crippen LogP contribution in [-0.4, -0.2) is 15.0 Å². The second-order valence-electron chi connectivity index (χ2n) is 12.9. The highest BCUT2D eigenvalue weighted by atomic mass is 14.9. The van der Waals surface area contributed by atoms with E-state index in [0.717, 1.165) is 33.5 Å². The molecule has 0 atom stereocenters. The van der Waals surface area contributed by atoms with Crippen LogP contribution in [0.25, 0.3) is 77.7 Å². The largest absolute Gasteiger partial charge is 0.264 e. The van der Waals surface area contributed by atoms with E-state index in [0.29, 0.717) is 5.82 Å². The Balaban J connectivity index is 1.25. The predicted molar refractivity (Wildman–Crippen MR) is 194 cm³/mol. The maximum absolute atomic E-state index is 5.16. The number of hydrogen-bond donors (Lipinski definition) is 0. The summed E-state index contributed by atoms with van der Waals surface area (Å²) in [5.74, 6) is 0.697. The number of rotatable bonds is 4. The summed E-state index contributed by atoms with van der Waals surface area (Å²) < 4.78 is 0. The van der Waals surface area contributed by atoms with Crippen LogP contribution in [0.1, 0.15) is 25.0 Å². The summed E-state index contributed by atoms with van der Waals surface area (Å²) in [5, 5.41) is 4.93. The van der Waals surface area contributed by atoms with Gasteiger partial charge in [-0.2, -0.15) is 0 Å². The summed E-state index contributed by atoms with van der Waals surface area (Å²) in [5.41, 5.74) is 12.5. The first-order chi connectivity index (χ1) is 23.1. The molecule has 2 aromatic heterocycles. The number of hydrogen-bond acceptors (Lipinski definition) is 3. The van der Waals surface area contributed by atoms with E-state index in [1.54, 1.807) is 6.20 Å². The van der Waals surface area contributed by atoms with Gasteiger partial charge in [-0.05, 0) is 85.3 Å². The van der Waals surface area contributed by atoms with Crippen molar-refractivity contribution in [3.05, 3.63) is 163 Å². The van der Waals surface area contributed by atoms with Crippen molar-refractivity contribution in [1.82, 2.24) is 15.0 Å². The Labute approximate surface area is 274 Å². The monoisotopic (exact) mass is 601 g/mol. The van der Waals surface area contributed by atoms with Crippen LogP contribution in [0.15, 0.2) is 152 Å². The molecule has 6 aromatic carbocycles. The lowest BCUT2D eigenvalue weighted by molar-refractivity contribution is 0.663. The quantitative estimate of drug-likeness (QED) is 0.201. The average Bonchev–Trinajstić information content (AvgIpc) is 3.36. The lowest BCUT2D eigenvalue weighted by atomic mass is 9.78. The van der Waals surface area contributed by atoms with Gasteiger partial charge in [0, 0.05) is 34.5 Å². The van der Waals surface area contributed by atoms with Gasteiger partial charge in [0.25, 0.3) is 0 Å². The Bertz CT molecular complexity index is 2420. The van der Waals surface area contributed by atoms with Crippen molar-refractivity contribution in [3.8, 4) is 56.2 Å². The lowest BCUT2D eigenvalue weighted by Crippen LogP contribution is -2.16. The van der Waals surface area contributed by atoms with E-state index in [-0.39, 0.29) is 5.41 Å². The highest BCUT2D eigenvalue weighted by Crippen LogP contribution is 2.54. The summed E-state index contributed by atoms with van der Waals surface area (Å²) in [4.78, 5) is 14.5. The third kappa shape index (κ3) is 4.39. The number of pyridine rings is 1. The first-order valence-corrected chi connectivity index (χ1v) is 16.1. The second-order valence-corrected chi connectivity index (χ2v) is 12.9. The van der Waals surface area contributed by atoms with Crippen molar-refractivity contribution >= 4 is 21.5 Å². The first kappa shape index (κ1) is 27.4. The highest BCUT2D eigenvalue weighted by Gasteiger charge is 2.38. The molecule has 0 fully saturated rings. The number of fused-ring (bicyclic) bond motifs is 5. The fourth-order valence-corrected chi connectivity index (χ4v) is 7.51. The van der Waals surface area contributed by atoms with E-state index in [2.05, 4.69) is 128 Å². The van der Waals surface area contributed by atoms with Gasteiger partial charge in [-0.3, -0.25) is 4.98 Å². The van der Waals surface area contributed by atoms with Crippen molar-refractivity contribution in [3.63, 3.8) is 0 Å². The molecule has 8 aromatic rings. The maximum atomic E-state index is 5.16. The van der Waals surface area contributed by atoms with Gasteiger partial charge in [-0.1, -0.05) is 123 Å². The molecule has 0 aliphatic heterocycles. The number of nitrogens with zero attached hydrogens (tertiary/aromatic N) is 3. The van der Waals surface area contributed by atoms with Crippen LogP contribution in [0.2, 0.25) is 0 Å². The predicted octanol–water partition coefficient (Wildman–Crippen LogP) is 11.2. The van der Waals surface area contributed by atoms with Crippen LogP contribution in [-0.2, 0) is 5.41 Å². The van der Waals surface area contributed by atoms with Crippen LogP contribution in [0, 0.1) is 0 Å². The zero-order valence-corrected chi connectivity index (χ0v) is 26.3. The zero-order valence-electron chi connectivity index (χ0n) is 26.3. The van der Waals surface area contributed by atoms with Crippen LogP contribution >= 0.6 is 0 Å². The number of aromatic nitrogens is 3. The normalized spacial score (nSPS) is 13.1. The molecule has 2 heterocycles. The van der Waals surface area contributed by atoms with E-state index in [1.807, 2.05) is 36.5 Å². The molecule has 0 N–H and O–H groups in total. The standard InChI is InChI=1S/C44H31N3/c1-44(2)39-25-30-15-7-6-14-29(30)24-38(39)37-20-10-19-36(42(37)44)34-21-22-35(33-18-9-8-17-32(33)34)41-26-40(31-16-11-23-45-27-31)46-43(47-41)28-12-4-3-5-13-28/h3-27H,1-2H3. The van der Waals surface area contributed by atoms with Gasteiger partial charge in [0.2, 0.25) is 0 Å². The molecule has 222 valence electrons. The Morgan fingerprint density at radius 2 is 1.11 bits per heavy atom. The Hall–Kier alpha value is -5.93. The van der Waals surface area contributed by atoms with E-state index in [1.165, 1.54) is 49.5 Å². The molecule has 0 saturated carbocycles. The highest BCUT2D eigenvalue weighted by molar-refractivity contribution is 6.07. The summed E-state index contributed by atoms with van der Waals surface area (Å²) in [6.07, 6.45) is 3.65. The topological polar surface area (TPSA) is 38.7 Å². The van der Waals surface area contributed by atoms with Gasteiger partial charge in [0.15, 0.2) is 5.82 Å². The molecule has 3 heteroatoms. The lowest BCUT2D eigenvalue weighted by Gasteiger charge is -2.25. The van der Waals surface area contributed by atoms with E-state index in [9.17, 15) is 0 Å². The van der Waals surface area contributed by atoms with Crippen LogP contribution in [0.4, 0.5) is 0 Å². The number of benzene rings is 6. The fourth-order valence-electron chi connectivity index (χ4n) is 7.51. The summed E-state index contributed by atoms with van der Waals surface area (Å²) in [6, 6.07) is 49.8. The average molecular weight is 602 g/mol. The van der Waals surface area contributed by atoms with E-state index in [4.69, 9.17) is 9.97 Å². The molecule has 9 rings (SSSR count). The fraction of sp³-hybridized carbons (Fsp3) is 0.0682. The van der Waals surface area contributed by atoms with Crippen LogP contribution in [0.3, 0.4) is 0 Å². The van der Waals surface area contributed by atoms with Gasteiger partial charge in [0.1, 0.15) is 0 Å². The minimum atomic E-state index is -0.152. The van der Waals surface area contributed by atoms with Crippen molar-refractivity contribution in [2.24, 2.45) is 0 Å².